The predicted octanol–water partition coefficient (Wildman–Crippen LogP) is 2.81. The highest BCUT2D eigenvalue weighted by atomic mass is 35.5. The number of nitro groups is 1. The molecule has 1 saturated carbocycles. The third-order valence-corrected chi connectivity index (χ3v) is 5.31. The van der Waals surface area contributed by atoms with Crippen molar-refractivity contribution in [2.24, 2.45) is 5.92 Å². The second kappa shape index (κ2) is 8.70. The topological polar surface area (TPSA) is 93.3 Å². The summed E-state index contributed by atoms with van der Waals surface area (Å²) in [6.07, 6.45) is 6.17. The van der Waals surface area contributed by atoms with Crippen molar-refractivity contribution in [3.63, 3.8) is 0 Å². The first kappa shape index (κ1) is 20.3. The molecule has 28 heavy (non-hydrogen) atoms. The van der Waals surface area contributed by atoms with Crippen molar-refractivity contribution in [1.82, 2.24) is 20.0 Å². The Morgan fingerprint density at radius 2 is 1.89 bits per heavy atom. The molecule has 2 fully saturated rings. The van der Waals surface area contributed by atoms with E-state index in [9.17, 15) is 14.9 Å². The van der Waals surface area contributed by atoms with E-state index >= 15 is 0 Å². The molecule has 0 unspecified atom stereocenters. The Kier molecular flexibility index (Phi) is 6.31. The fourth-order valence-corrected chi connectivity index (χ4v) is 3.49. The fourth-order valence-electron chi connectivity index (χ4n) is 3.49. The zero-order valence-corrected chi connectivity index (χ0v) is 16.3. The number of nitro benzene ring substituents is 1. The number of likely N-dealkylation sites (tertiary alicyclic amines) is 1. The van der Waals surface area contributed by atoms with Crippen molar-refractivity contribution >= 4 is 24.0 Å². The average Bonchev–Trinajstić information content (AvgIpc) is 3.40. The van der Waals surface area contributed by atoms with Crippen molar-refractivity contribution in [2.45, 2.75) is 31.7 Å². The summed E-state index contributed by atoms with van der Waals surface area (Å²) in [4.78, 5) is 25.3. The zero-order chi connectivity index (χ0) is 18.8. The van der Waals surface area contributed by atoms with E-state index in [2.05, 4.69) is 10.4 Å². The smallest absolute Gasteiger partial charge is 0.294 e. The number of nitrogens with zero attached hydrogens (tertiary/aromatic N) is 4. The Balaban J connectivity index is 0.00000225. The van der Waals surface area contributed by atoms with Crippen LogP contribution in [0, 0.1) is 16.0 Å². The Morgan fingerprint density at radius 1 is 1.18 bits per heavy atom. The van der Waals surface area contributed by atoms with Gasteiger partial charge in [-0.15, -0.1) is 12.4 Å². The molecule has 1 aromatic heterocycles. The van der Waals surface area contributed by atoms with E-state index in [1.54, 1.807) is 30.5 Å². The lowest BCUT2D eigenvalue weighted by Gasteiger charge is -2.32. The van der Waals surface area contributed by atoms with Crippen molar-refractivity contribution < 1.29 is 9.72 Å². The zero-order valence-electron chi connectivity index (χ0n) is 15.5. The molecule has 4 rings (SSSR count). The van der Waals surface area contributed by atoms with Crippen LogP contribution < -0.4 is 5.32 Å². The number of amides is 1. The number of nitrogens with one attached hydrogen (secondary N) is 1. The molecule has 1 amide bonds. The van der Waals surface area contributed by atoms with E-state index in [0.29, 0.717) is 30.5 Å². The first-order valence-corrected chi connectivity index (χ1v) is 9.44. The summed E-state index contributed by atoms with van der Waals surface area (Å²) in [5.74, 6) is 0.739. The number of hydrogen-bond donors (Lipinski definition) is 1. The van der Waals surface area contributed by atoms with Gasteiger partial charge in [-0.05, 0) is 50.3 Å². The molecule has 1 aliphatic carbocycles. The second-order valence-electron chi connectivity index (χ2n) is 7.31. The van der Waals surface area contributed by atoms with Gasteiger partial charge in [-0.25, -0.2) is 4.68 Å². The summed E-state index contributed by atoms with van der Waals surface area (Å²) in [5, 5.41) is 19.1. The normalized spacial score (nSPS) is 17.2. The van der Waals surface area contributed by atoms with Crippen LogP contribution in [-0.2, 0) is 0 Å². The highest BCUT2D eigenvalue weighted by Gasteiger charge is 2.27. The molecule has 2 aromatic rings. The van der Waals surface area contributed by atoms with Crippen LogP contribution in [0.25, 0.3) is 5.69 Å². The van der Waals surface area contributed by atoms with Crippen LogP contribution in [-0.4, -0.2) is 51.2 Å². The molecule has 150 valence electrons. The van der Waals surface area contributed by atoms with E-state index in [1.165, 1.54) is 23.6 Å². The Labute approximate surface area is 169 Å². The molecule has 9 heteroatoms. The number of piperidine rings is 1. The molecule has 0 spiro atoms. The monoisotopic (exact) mass is 405 g/mol. The Morgan fingerprint density at radius 3 is 2.57 bits per heavy atom. The van der Waals surface area contributed by atoms with E-state index in [4.69, 9.17) is 0 Å². The van der Waals surface area contributed by atoms with Crippen molar-refractivity contribution in [3.8, 4) is 5.69 Å². The van der Waals surface area contributed by atoms with Crippen LogP contribution in [0.3, 0.4) is 0 Å². The molecular weight excluding hydrogens is 382 g/mol. The molecular formula is C19H24ClN5O3. The highest BCUT2D eigenvalue weighted by molar-refractivity contribution is 5.92. The van der Waals surface area contributed by atoms with Crippen molar-refractivity contribution in [2.75, 3.05) is 19.6 Å². The molecule has 2 aliphatic rings. The van der Waals surface area contributed by atoms with Crippen LogP contribution in [0.5, 0.6) is 0 Å². The van der Waals surface area contributed by atoms with Gasteiger partial charge >= 0.3 is 0 Å². The number of rotatable bonds is 6. The summed E-state index contributed by atoms with van der Waals surface area (Å²) < 4.78 is 1.40. The van der Waals surface area contributed by atoms with Crippen LogP contribution in [0.4, 0.5) is 5.69 Å². The van der Waals surface area contributed by atoms with Gasteiger partial charge in [0.05, 0.1) is 4.92 Å². The van der Waals surface area contributed by atoms with E-state index < -0.39 is 4.92 Å². The minimum Gasteiger partial charge on any atom is -0.337 e. The number of carbonyl (C=O) groups is 1. The Hall–Kier alpha value is -2.45. The predicted molar refractivity (Wildman–Crippen MR) is 107 cm³/mol. The second-order valence-corrected chi connectivity index (χ2v) is 7.31. The van der Waals surface area contributed by atoms with Crippen LogP contribution in [0.15, 0.2) is 36.5 Å². The van der Waals surface area contributed by atoms with Crippen LogP contribution in [0.1, 0.15) is 36.2 Å². The molecule has 1 aliphatic heterocycles. The van der Waals surface area contributed by atoms with Crippen molar-refractivity contribution in [3.05, 3.63) is 52.3 Å². The van der Waals surface area contributed by atoms with Gasteiger partial charge in [0.15, 0.2) is 5.69 Å². The SMILES string of the molecule is Cl.O=C(c1ccn(-c2ccccc2[N+](=O)[O-])n1)N1CCC(NCC2CC2)CC1. The maximum atomic E-state index is 12.7. The van der Waals surface area contributed by atoms with E-state index in [1.807, 2.05) is 4.90 Å². The molecule has 0 atom stereocenters. The molecule has 1 aromatic carbocycles. The van der Waals surface area contributed by atoms with Crippen molar-refractivity contribution in [1.29, 1.82) is 0 Å². The number of para-hydroxylation sites is 2. The summed E-state index contributed by atoms with van der Waals surface area (Å²) in [6, 6.07) is 8.48. The van der Waals surface area contributed by atoms with Gasteiger partial charge < -0.3 is 10.2 Å². The van der Waals surface area contributed by atoms with Crippen LogP contribution >= 0.6 is 12.4 Å². The number of carbonyl (C=O) groups excluding carboxylic acids is 1. The molecule has 1 saturated heterocycles. The molecule has 1 N–H and O–H groups in total. The number of benzene rings is 1. The van der Waals surface area contributed by atoms with E-state index in [-0.39, 0.29) is 24.0 Å². The quantitative estimate of drug-likeness (QED) is 0.589. The first-order valence-electron chi connectivity index (χ1n) is 9.44. The van der Waals surface area contributed by atoms with Crippen LogP contribution in [0.2, 0.25) is 0 Å². The average molecular weight is 406 g/mol. The first-order chi connectivity index (χ1) is 13.1. The van der Waals surface area contributed by atoms with Gasteiger partial charge in [-0.1, -0.05) is 12.1 Å². The minimum atomic E-state index is -0.447. The van der Waals surface area contributed by atoms with Gasteiger partial charge in [0.25, 0.3) is 11.6 Å². The van der Waals surface area contributed by atoms with Gasteiger partial charge in [0.2, 0.25) is 0 Å². The van der Waals surface area contributed by atoms with Gasteiger partial charge in [0.1, 0.15) is 5.69 Å². The van der Waals surface area contributed by atoms with Gasteiger partial charge in [0, 0.05) is 31.4 Å². The third-order valence-electron chi connectivity index (χ3n) is 5.31. The standard InChI is InChI=1S/C19H23N5O3.ClH/c25-19(22-10-7-15(8-11-22)20-13-14-5-6-14)16-9-12-23(21-16)17-3-1-2-4-18(17)24(26)27;/h1-4,9,12,14-15,20H,5-8,10-11,13H2;1H. The maximum Gasteiger partial charge on any atom is 0.294 e. The molecule has 0 radical (unpaired) electrons. The lowest BCUT2D eigenvalue weighted by molar-refractivity contribution is -0.384. The fraction of sp³-hybridized carbons (Fsp3) is 0.474. The lowest BCUT2D eigenvalue weighted by Crippen LogP contribution is -2.45. The maximum absolute atomic E-state index is 12.7. The van der Waals surface area contributed by atoms with Gasteiger partial charge in [-0.2, -0.15) is 5.10 Å². The summed E-state index contributed by atoms with van der Waals surface area (Å²) in [6.45, 7) is 2.51. The number of halogens is 1. The summed E-state index contributed by atoms with van der Waals surface area (Å²) in [5.41, 5.74) is 0.629. The minimum absolute atomic E-state index is 0. The number of hydrogen-bond acceptors (Lipinski definition) is 5. The highest BCUT2D eigenvalue weighted by Crippen LogP contribution is 2.28. The molecule has 2 heterocycles. The van der Waals surface area contributed by atoms with E-state index in [0.717, 1.165) is 25.3 Å². The number of aromatic nitrogens is 2. The third kappa shape index (κ3) is 4.51. The Bertz CT molecular complexity index is 844. The van der Waals surface area contributed by atoms with Gasteiger partial charge in [-0.3, -0.25) is 14.9 Å². The lowest BCUT2D eigenvalue weighted by atomic mass is 10.0. The summed E-state index contributed by atoms with van der Waals surface area (Å²) >= 11 is 0. The molecule has 0 bridgehead atoms. The largest absolute Gasteiger partial charge is 0.337 e. The summed E-state index contributed by atoms with van der Waals surface area (Å²) in [7, 11) is 0. The molecule has 8 nitrogen and oxygen atoms in total.